The molecule has 0 aliphatic carbocycles. The monoisotopic (exact) mass is 300 g/mol. The Balaban J connectivity index is 1.70. The van der Waals surface area contributed by atoms with Crippen LogP contribution < -0.4 is 14.8 Å². The Labute approximate surface area is 129 Å². The minimum Gasteiger partial charge on any atom is -0.467 e. The van der Waals surface area contributed by atoms with Crippen molar-refractivity contribution in [1.82, 2.24) is 10.2 Å². The smallest absolute Gasteiger partial charge is 0.231 e. The van der Waals surface area contributed by atoms with Crippen molar-refractivity contribution in [3.05, 3.63) is 47.9 Å². The Kier molecular flexibility index (Phi) is 3.74. The van der Waals surface area contributed by atoms with Gasteiger partial charge >= 0.3 is 0 Å². The lowest BCUT2D eigenvalue weighted by atomic mass is 10.0. The molecule has 1 aromatic heterocycles. The maximum Gasteiger partial charge on any atom is 0.231 e. The van der Waals surface area contributed by atoms with Crippen molar-refractivity contribution in [2.45, 2.75) is 12.5 Å². The molecule has 0 saturated carbocycles. The van der Waals surface area contributed by atoms with E-state index in [9.17, 15) is 0 Å². The maximum absolute atomic E-state index is 5.73. The van der Waals surface area contributed by atoms with Gasteiger partial charge in [0.25, 0.3) is 0 Å². The van der Waals surface area contributed by atoms with Crippen LogP contribution in [0.4, 0.5) is 0 Å². The molecule has 0 bridgehead atoms. The zero-order valence-electron chi connectivity index (χ0n) is 12.5. The van der Waals surface area contributed by atoms with Crippen LogP contribution >= 0.6 is 0 Å². The van der Waals surface area contributed by atoms with Crippen molar-refractivity contribution in [1.29, 1.82) is 0 Å². The molecule has 0 spiro atoms. The first kappa shape index (κ1) is 13.7. The van der Waals surface area contributed by atoms with Gasteiger partial charge in [-0.05, 0) is 42.8 Å². The molecule has 1 saturated heterocycles. The Bertz CT molecular complexity index is 619. The van der Waals surface area contributed by atoms with Gasteiger partial charge in [0.2, 0.25) is 6.79 Å². The van der Waals surface area contributed by atoms with Crippen molar-refractivity contribution in [2.75, 3.05) is 33.0 Å². The first-order valence-corrected chi connectivity index (χ1v) is 7.79. The number of hydrogen-bond donors (Lipinski definition) is 1. The minimum absolute atomic E-state index is 0.115. The molecule has 22 heavy (non-hydrogen) atoms. The molecule has 1 unspecified atom stereocenters. The Morgan fingerprint density at radius 2 is 2.00 bits per heavy atom. The largest absolute Gasteiger partial charge is 0.467 e. The average Bonchev–Trinajstić information content (AvgIpc) is 3.15. The molecule has 5 nitrogen and oxygen atoms in total. The second-order valence-electron chi connectivity index (χ2n) is 5.67. The molecule has 116 valence electrons. The summed E-state index contributed by atoms with van der Waals surface area (Å²) in [6.45, 7) is 4.43. The third kappa shape index (κ3) is 2.58. The molecule has 1 atom stereocenters. The lowest BCUT2D eigenvalue weighted by molar-refractivity contribution is 0.173. The fraction of sp³-hybridized carbons (Fsp3) is 0.412. The number of rotatable bonds is 3. The average molecular weight is 300 g/mol. The van der Waals surface area contributed by atoms with Crippen LogP contribution in [0.25, 0.3) is 0 Å². The summed E-state index contributed by atoms with van der Waals surface area (Å²) in [7, 11) is 0. The standard InChI is InChI=1S/C17H20N2O3/c1-3-15(20-10-1)17(19-8-2-6-18-7-9-19)13-4-5-14-16(11-13)22-12-21-14/h1,3-5,10-11,17-18H,2,6-9,12H2. The highest BCUT2D eigenvalue weighted by Gasteiger charge is 2.27. The third-order valence-electron chi connectivity index (χ3n) is 4.26. The molecule has 1 aromatic carbocycles. The van der Waals surface area contributed by atoms with Crippen molar-refractivity contribution in [3.63, 3.8) is 0 Å². The lowest BCUT2D eigenvalue weighted by Gasteiger charge is -2.29. The van der Waals surface area contributed by atoms with Crippen LogP contribution in [0.1, 0.15) is 23.8 Å². The molecule has 0 amide bonds. The summed E-state index contributed by atoms with van der Waals surface area (Å²) in [5, 5.41) is 3.45. The fourth-order valence-corrected chi connectivity index (χ4v) is 3.21. The summed E-state index contributed by atoms with van der Waals surface area (Å²) < 4.78 is 16.7. The zero-order chi connectivity index (χ0) is 14.8. The number of benzene rings is 1. The van der Waals surface area contributed by atoms with E-state index in [4.69, 9.17) is 13.9 Å². The van der Waals surface area contributed by atoms with E-state index >= 15 is 0 Å². The van der Waals surface area contributed by atoms with E-state index in [0.717, 1.165) is 49.9 Å². The summed E-state index contributed by atoms with van der Waals surface area (Å²) in [5.74, 6) is 2.61. The van der Waals surface area contributed by atoms with Crippen LogP contribution in [-0.4, -0.2) is 37.9 Å². The predicted octanol–water partition coefficient (Wildman–Crippen LogP) is 2.39. The first-order valence-electron chi connectivity index (χ1n) is 7.79. The lowest BCUT2D eigenvalue weighted by Crippen LogP contribution is -2.32. The van der Waals surface area contributed by atoms with E-state index in [2.05, 4.69) is 22.3 Å². The van der Waals surface area contributed by atoms with E-state index in [1.54, 1.807) is 6.26 Å². The van der Waals surface area contributed by atoms with Crippen molar-refractivity contribution >= 4 is 0 Å². The van der Waals surface area contributed by atoms with Crippen LogP contribution in [0, 0.1) is 0 Å². The van der Waals surface area contributed by atoms with Gasteiger partial charge in [0.15, 0.2) is 11.5 Å². The topological polar surface area (TPSA) is 46.9 Å². The summed E-state index contributed by atoms with van der Waals surface area (Å²) in [4.78, 5) is 2.47. The SMILES string of the molecule is c1coc(C(c2ccc3c(c2)OCO3)N2CCCNCC2)c1. The number of ether oxygens (including phenoxy) is 2. The van der Waals surface area contributed by atoms with Crippen LogP contribution in [0.3, 0.4) is 0 Å². The van der Waals surface area contributed by atoms with Gasteiger partial charge in [-0.15, -0.1) is 0 Å². The van der Waals surface area contributed by atoms with Gasteiger partial charge in [-0.3, -0.25) is 4.90 Å². The van der Waals surface area contributed by atoms with E-state index in [1.807, 2.05) is 18.2 Å². The van der Waals surface area contributed by atoms with Crippen LogP contribution in [0.15, 0.2) is 41.0 Å². The fourth-order valence-electron chi connectivity index (χ4n) is 3.21. The molecule has 2 aliphatic rings. The van der Waals surface area contributed by atoms with Gasteiger partial charge in [0, 0.05) is 19.6 Å². The summed E-state index contributed by atoms with van der Waals surface area (Å²) >= 11 is 0. The minimum atomic E-state index is 0.115. The van der Waals surface area contributed by atoms with E-state index < -0.39 is 0 Å². The highest BCUT2D eigenvalue weighted by Crippen LogP contribution is 2.37. The molecule has 3 heterocycles. The third-order valence-corrected chi connectivity index (χ3v) is 4.26. The van der Waals surface area contributed by atoms with Gasteiger partial charge in [-0.25, -0.2) is 0 Å². The zero-order valence-corrected chi connectivity index (χ0v) is 12.5. The van der Waals surface area contributed by atoms with Gasteiger partial charge in [0.1, 0.15) is 5.76 Å². The second-order valence-corrected chi connectivity index (χ2v) is 5.67. The maximum atomic E-state index is 5.73. The van der Waals surface area contributed by atoms with Gasteiger partial charge in [0.05, 0.1) is 12.3 Å². The predicted molar refractivity (Wildman–Crippen MR) is 82.2 cm³/mol. The van der Waals surface area contributed by atoms with Gasteiger partial charge < -0.3 is 19.2 Å². The van der Waals surface area contributed by atoms with E-state index in [1.165, 1.54) is 5.56 Å². The normalized spacial score (nSPS) is 19.8. The molecule has 1 fully saturated rings. The number of fused-ring (bicyclic) bond motifs is 1. The van der Waals surface area contributed by atoms with Crippen LogP contribution in [0.2, 0.25) is 0 Å². The summed E-state index contributed by atoms with van der Waals surface area (Å²) in [6, 6.07) is 10.3. The molecule has 1 N–H and O–H groups in total. The molecule has 2 aliphatic heterocycles. The Morgan fingerprint density at radius 3 is 2.91 bits per heavy atom. The highest BCUT2D eigenvalue weighted by atomic mass is 16.7. The van der Waals surface area contributed by atoms with Crippen molar-refractivity contribution in [3.8, 4) is 11.5 Å². The van der Waals surface area contributed by atoms with Crippen LogP contribution in [0.5, 0.6) is 11.5 Å². The van der Waals surface area contributed by atoms with E-state index in [0.29, 0.717) is 6.79 Å². The number of nitrogens with zero attached hydrogens (tertiary/aromatic N) is 1. The van der Waals surface area contributed by atoms with E-state index in [-0.39, 0.29) is 6.04 Å². The van der Waals surface area contributed by atoms with Crippen molar-refractivity contribution in [2.24, 2.45) is 0 Å². The molecule has 5 heteroatoms. The quantitative estimate of drug-likeness (QED) is 0.943. The number of nitrogens with one attached hydrogen (secondary N) is 1. The van der Waals surface area contributed by atoms with Crippen LogP contribution in [-0.2, 0) is 0 Å². The van der Waals surface area contributed by atoms with Gasteiger partial charge in [-0.2, -0.15) is 0 Å². The Morgan fingerprint density at radius 1 is 1.05 bits per heavy atom. The molecule has 2 aromatic rings. The highest BCUT2D eigenvalue weighted by molar-refractivity contribution is 5.46. The molecule has 0 radical (unpaired) electrons. The summed E-state index contributed by atoms with van der Waals surface area (Å²) in [5.41, 5.74) is 1.18. The number of hydrogen-bond acceptors (Lipinski definition) is 5. The number of furan rings is 1. The molecular formula is C17H20N2O3. The molecule has 4 rings (SSSR count). The Hall–Kier alpha value is -1.98. The van der Waals surface area contributed by atoms with Crippen molar-refractivity contribution < 1.29 is 13.9 Å². The van der Waals surface area contributed by atoms with Gasteiger partial charge in [-0.1, -0.05) is 6.07 Å². The first-order chi connectivity index (χ1) is 10.9. The second kappa shape index (κ2) is 6.02. The summed E-state index contributed by atoms with van der Waals surface area (Å²) in [6.07, 6.45) is 2.88. The molecular weight excluding hydrogens is 280 g/mol.